The number of benzene rings is 2. The smallest absolute Gasteiger partial charge is 0.507 e. The van der Waals surface area contributed by atoms with Crippen molar-refractivity contribution in [1.29, 1.82) is 0 Å². The average Bonchev–Trinajstić information content (AvgIpc) is 2.44. The van der Waals surface area contributed by atoms with Gasteiger partial charge in [-0.3, -0.25) is 9.59 Å². The molecule has 7 heteroatoms. The van der Waals surface area contributed by atoms with E-state index in [-0.39, 0.29) is 39.7 Å². The Bertz CT molecular complexity index is 577. The molecule has 0 aliphatic rings. The maximum Gasteiger partial charge on any atom is 2.00 e. The van der Waals surface area contributed by atoms with E-state index in [1.54, 1.807) is 0 Å². The molecule has 0 atom stereocenters. The van der Waals surface area contributed by atoms with E-state index in [2.05, 4.69) is 0 Å². The molecular formula is C14H10Cl2CuO4+2. The fraction of sp³-hybridized carbons (Fsp3) is 0. The summed E-state index contributed by atoms with van der Waals surface area (Å²) in [6, 6.07) is 8.61. The predicted molar refractivity (Wildman–Crippen MR) is 77.0 cm³/mol. The summed E-state index contributed by atoms with van der Waals surface area (Å²) in [4.78, 5) is 20.3. The first-order chi connectivity index (χ1) is 9.47. The Hall–Kier alpha value is -1.52. The monoisotopic (exact) mass is 375 g/mol. The first-order valence-electron chi connectivity index (χ1n) is 5.35. The fourth-order valence-corrected chi connectivity index (χ4v) is 1.60. The average molecular weight is 377 g/mol. The summed E-state index contributed by atoms with van der Waals surface area (Å²) < 4.78 is 0. The number of hydrogen-bond donors (Lipinski definition) is 2. The predicted octanol–water partition coefficient (Wildman–Crippen LogP) is 3.71. The van der Waals surface area contributed by atoms with Crippen molar-refractivity contribution < 1.29 is 36.9 Å². The molecule has 0 aliphatic carbocycles. The molecule has 0 spiro atoms. The van der Waals surface area contributed by atoms with E-state index >= 15 is 0 Å². The quantitative estimate of drug-likeness (QED) is 0.619. The van der Waals surface area contributed by atoms with Gasteiger partial charge in [-0.05, 0) is 36.4 Å². The SMILES string of the molecule is O=Cc1cc(Cl)ccc1O.O=Cc1cc(Cl)ccc1O.[Cu+2]. The van der Waals surface area contributed by atoms with Gasteiger partial charge in [-0.1, -0.05) is 23.2 Å². The van der Waals surface area contributed by atoms with Crippen LogP contribution in [0.3, 0.4) is 0 Å². The summed E-state index contributed by atoms with van der Waals surface area (Å²) in [5.41, 5.74) is 0.431. The molecular weight excluding hydrogens is 367 g/mol. The zero-order chi connectivity index (χ0) is 15.1. The number of aldehydes is 2. The van der Waals surface area contributed by atoms with Gasteiger partial charge in [-0.2, -0.15) is 0 Å². The minimum Gasteiger partial charge on any atom is -0.507 e. The Kier molecular flexibility index (Phi) is 8.74. The molecule has 21 heavy (non-hydrogen) atoms. The third-order valence-corrected chi connectivity index (χ3v) is 2.70. The standard InChI is InChI=1S/2C7H5ClO2.Cu/c2*8-6-1-2-7(10)5(3-6)4-9;/h2*1-4,10H;/q;;+2. The molecule has 0 saturated carbocycles. The van der Waals surface area contributed by atoms with Gasteiger partial charge in [-0.25, -0.2) is 0 Å². The van der Waals surface area contributed by atoms with E-state index in [9.17, 15) is 9.59 Å². The Labute approximate surface area is 141 Å². The number of rotatable bonds is 2. The van der Waals surface area contributed by atoms with Gasteiger partial charge in [0.25, 0.3) is 0 Å². The molecule has 0 bridgehead atoms. The van der Waals surface area contributed by atoms with Crippen LogP contribution in [0.4, 0.5) is 0 Å². The van der Waals surface area contributed by atoms with Gasteiger partial charge in [0.15, 0.2) is 12.6 Å². The molecule has 0 unspecified atom stereocenters. The zero-order valence-electron chi connectivity index (χ0n) is 10.4. The summed E-state index contributed by atoms with van der Waals surface area (Å²) in [5, 5.41) is 18.8. The van der Waals surface area contributed by atoms with Gasteiger partial charge in [0.1, 0.15) is 11.5 Å². The normalized spacial score (nSPS) is 8.86. The third kappa shape index (κ3) is 6.19. The van der Waals surface area contributed by atoms with Crippen LogP contribution in [0, 0.1) is 0 Å². The second kappa shape index (κ2) is 9.42. The van der Waals surface area contributed by atoms with Crippen molar-refractivity contribution in [3.05, 3.63) is 57.6 Å². The van der Waals surface area contributed by atoms with Crippen LogP contribution >= 0.6 is 23.2 Å². The number of aromatic hydroxyl groups is 2. The first kappa shape index (κ1) is 19.5. The molecule has 0 aliphatic heterocycles. The van der Waals surface area contributed by atoms with E-state index in [4.69, 9.17) is 33.4 Å². The Morgan fingerprint density at radius 1 is 0.762 bits per heavy atom. The molecule has 2 aromatic rings. The number of phenolic OH excluding ortho intramolecular Hbond substituents is 2. The summed E-state index contributed by atoms with van der Waals surface area (Å²) >= 11 is 11.1. The zero-order valence-corrected chi connectivity index (χ0v) is 12.8. The van der Waals surface area contributed by atoms with Crippen molar-refractivity contribution in [2.24, 2.45) is 0 Å². The van der Waals surface area contributed by atoms with Crippen LogP contribution in [0.5, 0.6) is 11.5 Å². The van der Waals surface area contributed by atoms with Crippen molar-refractivity contribution in [2.45, 2.75) is 0 Å². The Morgan fingerprint density at radius 2 is 1.10 bits per heavy atom. The first-order valence-corrected chi connectivity index (χ1v) is 6.11. The van der Waals surface area contributed by atoms with Crippen LogP contribution in [-0.2, 0) is 17.1 Å². The molecule has 113 valence electrons. The summed E-state index contributed by atoms with van der Waals surface area (Å²) in [7, 11) is 0. The topological polar surface area (TPSA) is 74.6 Å². The molecule has 0 aromatic heterocycles. The Balaban J connectivity index is 0.000000364. The maximum absolute atomic E-state index is 10.2. The van der Waals surface area contributed by atoms with Crippen LogP contribution in [0.25, 0.3) is 0 Å². The van der Waals surface area contributed by atoms with Gasteiger partial charge < -0.3 is 10.2 Å². The molecule has 0 amide bonds. The molecule has 4 nitrogen and oxygen atoms in total. The fourth-order valence-electron chi connectivity index (χ4n) is 1.24. The maximum atomic E-state index is 10.2. The van der Waals surface area contributed by atoms with Gasteiger partial charge >= 0.3 is 17.1 Å². The van der Waals surface area contributed by atoms with E-state index < -0.39 is 0 Å². The van der Waals surface area contributed by atoms with Crippen LogP contribution in [0.15, 0.2) is 36.4 Å². The minimum absolute atomic E-state index is 0. The number of carbonyl (C=O) groups is 2. The van der Waals surface area contributed by atoms with Gasteiger partial charge in [-0.15, -0.1) is 0 Å². The second-order valence-electron chi connectivity index (χ2n) is 3.64. The third-order valence-electron chi connectivity index (χ3n) is 2.23. The van der Waals surface area contributed by atoms with Crippen LogP contribution in [0.2, 0.25) is 10.0 Å². The minimum atomic E-state index is -0.0422. The number of hydrogen-bond acceptors (Lipinski definition) is 4. The largest absolute Gasteiger partial charge is 2.00 e. The molecule has 1 radical (unpaired) electrons. The van der Waals surface area contributed by atoms with E-state index in [0.29, 0.717) is 22.6 Å². The molecule has 0 heterocycles. The van der Waals surface area contributed by atoms with Crippen LogP contribution in [-0.4, -0.2) is 22.8 Å². The van der Waals surface area contributed by atoms with Crippen LogP contribution in [0.1, 0.15) is 20.7 Å². The van der Waals surface area contributed by atoms with Gasteiger partial charge in [0.2, 0.25) is 0 Å². The van der Waals surface area contributed by atoms with E-state index in [1.165, 1.54) is 36.4 Å². The van der Waals surface area contributed by atoms with E-state index in [0.717, 1.165) is 0 Å². The number of phenols is 2. The summed E-state index contributed by atoms with van der Waals surface area (Å²) in [5.74, 6) is -0.0844. The van der Waals surface area contributed by atoms with Crippen molar-refractivity contribution in [1.82, 2.24) is 0 Å². The van der Waals surface area contributed by atoms with Gasteiger partial charge in [0.05, 0.1) is 11.1 Å². The van der Waals surface area contributed by atoms with Crippen LogP contribution < -0.4 is 0 Å². The molecule has 2 rings (SSSR count). The second-order valence-corrected chi connectivity index (χ2v) is 4.51. The van der Waals surface area contributed by atoms with Crippen molar-refractivity contribution >= 4 is 35.8 Å². The molecule has 0 fully saturated rings. The Morgan fingerprint density at radius 3 is 1.33 bits per heavy atom. The molecule has 2 aromatic carbocycles. The van der Waals surface area contributed by atoms with Crippen molar-refractivity contribution in [3.8, 4) is 11.5 Å². The summed E-state index contributed by atoms with van der Waals surface area (Å²) in [6.45, 7) is 0. The van der Waals surface area contributed by atoms with Crippen molar-refractivity contribution in [3.63, 3.8) is 0 Å². The van der Waals surface area contributed by atoms with Crippen molar-refractivity contribution in [2.75, 3.05) is 0 Å². The molecule has 0 saturated heterocycles. The molecule has 2 N–H and O–H groups in total. The van der Waals surface area contributed by atoms with E-state index in [1.807, 2.05) is 0 Å². The summed E-state index contributed by atoms with van der Waals surface area (Å²) in [6.07, 6.45) is 1.11. The van der Waals surface area contributed by atoms with Gasteiger partial charge in [0, 0.05) is 10.0 Å². The number of carbonyl (C=O) groups excluding carboxylic acids is 2. The number of halogens is 2.